The second kappa shape index (κ2) is 13.7. The first kappa shape index (κ1) is 22.2. The van der Waals surface area contributed by atoms with Gasteiger partial charge in [0.15, 0.2) is 0 Å². The van der Waals surface area contributed by atoms with Gasteiger partial charge in [0.25, 0.3) is 0 Å². The van der Waals surface area contributed by atoms with Crippen LogP contribution in [-0.4, -0.2) is 5.11 Å². The normalized spacial score (nSPS) is 20.1. The Bertz CT molecular complexity index is 435. The number of allylic oxidation sites excluding steroid dienone is 3. The third-order valence-corrected chi connectivity index (χ3v) is 4.58. The molecule has 0 spiro atoms. The minimum absolute atomic E-state index is 0.231. The molecule has 1 nitrogen and oxygen atoms in total. The molecule has 1 fully saturated rings. The molecule has 1 aliphatic carbocycles. The number of aliphatic hydroxyl groups excluding tert-OH is 1. The van der Waals surface area contributed by atoms with Gasteiger partial charge in [0.2, 0.25) is 0 Å². The predicted octanol–water partition coefficient (Wildman–Crippen LogP) is 7.35. The number of benzene rings is 1. The maximum Gasteiger partial charge on any atom is 0.110 e. The van der Waals surface area contributed by atoms with Gasteiger partial charge in [-0.15, -0.1) is 0 Å². The van der Waals surface area contributed by atoms with Crippen LogP contribution in [0.15, 0.2) is 73.0 Å². The zero-order valence-electron chi connectivity index (χ0n) is 16.0. The molecule has 1 aromatic rings. The summed E-state index contributed by atoms with van der Waals surface area (Å²) in [5.74, 6) is 2.94. The van der Waals surface area contributed by atoms with Crippen molar-refractivity contribution in [3.8, 4) is 0 Å². The Kier molecular flexibility index (Phi) is 12.7. The molecule has 1 heteroatoms. The molecule has 24 heavy (non-hydrogen) atoms. The molecule has 1 saturated carbocycles. The second-order valence-electron chi connectivity index (χ2n) is 6.77. The van der Waals surface area contributed by atoms with E-state index in [-0.39, 0.29) is 5.76 Å². The molecule has 1 aromatic carbocycles. The maximum atomic E-state index is 8.41. The topological polar surface area (TPSA) is 20.2 Å². The molecular formula is C23H36O. The summed E-state index contributed by atoms with van der Waals surface area (Å²) in [6.07, 6.45) is 8.59. The summed E-state index contributed by atoms with van der Waals surface area (Å²) < 4.78 is 0. The fourth-order valence-electron chi connectivity index (χ4n) is 2.78. The van der Waals surface area contributed by atoms with E-state index in [1.807, 2.05) is 36.4 Å². The van der Waals surface area contributed by atoms with E-state index in [1.54, 1.807) is 13.0 Å². The molecular weight excluding hydrogens is 292 g/mol. The lowest BCUT2D eigenvalue weighted by Crippen LogP contribution is -2.18. The summed E-state index contributed by atoms with van der Waals surface area (Å²) in [5, 5.41) is 8.41. The zero-order valence-corrected chi connectivity index (χ0v) is 16.0. The first-order valence-corrected chi connectivity index (χ1v) is 9.05. The molecule has 2 rings (SSSR count). The zero-order chi connectivity index (χ0) is 18.4. The highest BCUT2D eigenvalue weighted by Crippen LogP contribution is 2.35. The predicted molar refractivity (Wildman–Crippen MR) is 108 cm³/mol. The van der Waals surface area contributed by atoms with E-state index in [9.17, 15) is 0 Å². The standard InChI is InChI=1S/C12H22.C6H6.C5H8O/c1-9(2)11-5-7-12(8-6-11)10(3)4;1-2-4-6-5-3-1;1-3-5(6)4-2/h10-12H,1,5-8H2,2-4H3;1-6H;3-4,6H,1H2,2H3/b;;5-4+. The number of hydrogen-bond donors (Lipinski definition) is 1. The van der Waals surface area contributed by atoms with E-state index in [4.69, 9.17) is 5.11 Å². The highest BCUT2D eigenvalue weighted by Gasteiger charge is 2.23. The lowest BCUT2D eigenvalue weighted by Gasteiger charge is -2.31. The lowest BCUT2D eigenvalue weighted by atomic mass is 9.75. The van der Waals surface area contributed by atoms with Crippen LogP contribution in [0.3, 0.4) is 0 Å². The highest BCUT2D eigenvalue weighted by atomic mass is 16.3. The van der Waals surface area contributed by atoms with Gasteiger partial charge in [-0.2, -0.15) is 0 Å². The third kappa shape index (κ3) is 10.9. The fraction of sp³-hybridized carbons (Fsp3) is 0.478. The van der Waals surface area contributed by atoms with Crippen molar-refractivity contribution < 1.29 is 5.11 Å². The van der Waals surface area contributed by atoms with Gasteiger partial charge in [-0.25, -0.2) is 0 Å². The van der Waals surface area contributed by atoms with E-state index in [1.165, 1.54) is 37.3 Å². The Labute approximate surface area is 149 Å². The molecule has 1 aliphatic rings. The van der Waals surface area contributed by atoms with Crippen LogP contribution in [0.5, 0.6) is 0 Å². The van der Waals surface area contributed by atoms with Crippen molar-refractivity contribution >= 4 is 0 Å². The molecule has 0 bridgehead atoms. The van der Waals surface area contributed by atoms with Gasteiger partial charge in [0.1, 0.15) is 5.76 Å². The van der Waals surface area contributed by atoms with Crippen molar-refractivity contribution in [1.82, 2.24) is 0 Å². The molecule has 0 heterocycles. The van der Waals surface area contributed by atoms with Gasteiger partial charge in [-0.05, 0) is 69.4 Å². The Morgan fingerprint density at radius 1 is 1.00 bits per heavy atom. The van der Waals surface area contributed by atoms with Crippen LogP contribution in [0.4, 0.5) is 0 Å². The first-order valence-electron chi connectivity index (χ1n) is 9.05. The van der Waals surface area contributed by atoms with Crippen molar-refractivity contribution in [2.24, 2.45) is 17.8 Å². The number of rotatable bonds is 3. The van der Waals surface area contributed by atoms with E-state index in [2.05, 4.69) is 33.9 Å². The maximum absolute atomic E-state index is 8.41. The summed E-state index contributed by atoms with van der Waals surface area (Å²) in [4.78, 5) is 0. The minimum atomic E-state index is 0.231. The van der Waals surface area contributed by atoms with E-state index in [0.717, 1.165) is 17.8 Å². The Balaban J connectivity index is 0.000000371. The highest BCUT2D eigenvalue weighted by molar-refractivity contribution is 5.04. The largest absolute Gasteiger partial charge is 0.508 e. The van der Waals surface area contributed by atoms with Gasteiger partial charge in [-0.1, -0.05) is 69.0 Å². The molecule has 0 unspecified atom stereocenters. The average Bonchev–Trinajstić information content (AvgIpc) is 2.63. The van der Waals surface area contributed by atoms with Gasteiger partial charge < -0.3 is 5.11 Å². The Hall–Kier alpha value is -1.76. The van der Waals surface area contributed by atoms with Crippen LogP contribution in [0.2, 0.25) is 0 Å². The SMILES string of the molecule is C=C(C)C1CCC(C(C)C)CC1.C=C/C(O)=C\C.c1ccccc1. The minimum Gasteiger partial charge on any atom is -0.508 e. The molecule has 0 aromatic heterocycles. The van der Waals surface area contributed by atoms with Crippen molar-refractivity contribution in [3.63, 3.8) is 0 Å². The van der Waals surface area contributed by atoms with Crippen molar-refractivity contribution in [2.75, 3.05) is 0 Å². The molecule has 0 amide bonds. The lowest BCUT2D eigenvalue weighted by molar-refractivity contribution is 0.242. The summed E-state index contributed by atoms with van der Waals surface area (Å²) >= 11 is 0. The molecule has 1 N–H and O–H groups in total. The first-order chi connectivity index (χ1) is 11.4. The summed E-state index contributed by atoms with van der Waals surface area (Å²) in [7, 11) is 0. The van der Waals surface area contributed by atoms with E-state index >= 15 is 0 Å². The summed E-state index contributed by atoms with van der Waals surface area (Å²) in [6.45, 7) is 16.0. The van der Waals surface area contributed by atoms with Crippen LogP contribution in [0, 0.1) is 17.8 Å². The Morgan fingerprint density at radius 3 is 1.62 bits per heavy atom. The monoisotopic (exact) mass is 328 g/mol. The number of hydrogen-bond acceptors (Lipinski definition) is 1. The van der Waals surface area contributed by atoms with E-state index in [0.29, 0.717) is 0 Å². The van der Waals surface area contributed by atoms with Gasteiger partial charge in [0.05, 0.1) is 0 Å². The number of aliphatic hydroxyl groups is 1. The van der Waals surface area contributed by atoms with Crippen molar-refractivity contribution in [1.29, 1.82) is 0 Å². The summed E-state index contributed by atoms with van der Waals surface area (Å²) in [6, 6.07) is 12.0. The molecule has 0 saturated heterocycles. The van der Waals surface area contributed by atoms with Crippen LogP contribution in [-0.2, 0) is 0 Å². The van der Waals surface area contributed by atoms with Crippen LogP contribution in [0.1, 0.15) is 53.4 Å². The van der Waals surface area contributed by atoms with Gasteiger partial charge in [-0.3, -0.25) is 0 Å². The van der Waals surface area contributed by atoms with Gasteiger partial charge >= 0.3 is 0 Å². The average molecular weight is 329 g/mol. The van der Waals surface area contributed by atoms with Crippen LogP contribution in [0.25, 0.3) is 0 Å². The van der Waals surface area contributed by atoms with Gasteiger partial charge in [0, 0.05) is 0 Å². The van der Waals surface area contributed by atoms with Crippen LogP contribution >= 0.6 is 0 Å². The molecule has 0 radical (unpaired) electrons. The van der Waals surface area contributed by atoms with Crippen LogP contribution < -0.4 is 0 Å². The molecule has 134 valence electrons. The molecule has 0 atom stereocenters. The quantitative estimate of drug-likeness (QED) is 0.349. The van der Waals surface area contributed by atoms with E-state index < -0.39 is 0 Å². The smallest absolute Gasteiger partial charge is 0.110 e. The Morgan fingerprint density at radius 2 is 1.42 bits per heavy atom. The molecule has 0 aliphatic heterocycles. The third-order valence-electron chi connectivity index (χ3n) is 4.58. The summed E-state index contributed by atoms with van der Waals surface area (Å²) in [5.41, 5.74) is 1.40. The second-order valence-corrected chi connectivity index (χ2v) is 6.77. The fourth-order valence-corrected chi connectivity index (χ4v) is 2.78. The van der Waals surface area contributed by atoms with Crippen molar-refractivity contribution in [2.45, 2.75) is 53.4 Å². The van der Waals surface area contributed by atoms with Crippen molar-refractivity contribution in [3.05, 3.63) is 73.0 Å².